The lowest BCUT2D eigenvalue weighted by Crippen LogP contribution is -2.15. The highest BCUT2D eigenvalue weighted by molar-refractivity contribution is 5.94. The fraction of sp³-hybridized carbons (Fsp3) is 0.190. The highest BCUT2D eigenvalue weighted by Gasteiger charge is 2.15. The number of anilines is 2. The SMILES string of the molecule is CCC(=O)Nc1cccc(NC(=O)Cc2nc(-c3ccccc3)oc2C)c1. The number of nitrogens with zero attached hydrogens (tertiary/aromatic N) is 1. The Labute approximate surface area is 157 Å². The number of hydrogen-bond donors (Lipinski definition) is 2. The zero-order valence-electron chi connectivity index (χ0n) is 15.3. The molecule has 0 aliphatic carbocycles. The number of oxazole rings is 1. The maximum absolute atomic E-state index is 12.4. The van der Waals surface area contributed by atoms with Crippen LogP contribution in [0.15, 0.2) is 59.0 Å². The molecule has 6 heteroatoms. The number of benzene rings is 2. The monoisotopic (exact) mass is 363 g/mol. The molecular formula is C21H21N3O3. The molecule has 3 rings (SSSR count). The molecule has 2 amide bonds. The molecular weight excluding hydrogens is 342 g/mol. The molecule has 2 N–H and O–H groups in total. The van der Waals surface area contributed by atoms with Crippen LogP contribution in [0.2, 0.25) is 0 Å². The first-order valence-corrected chi connectivity index (χ1v) is 8.76. The van der Waals surface area contributed by atoms with Crippen LogP contribution in [0, 0.1) is 6.92 Å². The van der Waals surface area contributed by atoms with Crippen molar-refractivity contribution in [2.75, 3.05) is 10.6 Å². The van der Waals surface area contributed by atoms with Gasteiger partial charge in [-0.1, -0.05) is 31.2 Å². The first-order chi connectivity index (χ1) is 13.0. The lowest BCUT2D eigenvalue weighted by Gasteiger charge is -2.08. The molecule has 0 saturated carbocycles. The Kier molecular flexibility index (Phi) is 5.66. The Morgan fingerprint density at radius 1 is 0.963 bits per heavy atom. The van der Waals surface area contributed by atoms with Gasteiger partial charge in [0.25, 0.3) is 0 Å². The van der Waals surface area contributed by atoms with Gasteiger partial charge < -0.3 is 15.1 Å². The summed E-state index contributed by atoms with van der Waals surface area (Å²) in [5.41, 5.74) is 2.72. The zero-order valence-corrected chi connectivity index (χ0v) is 15.3. The zero-order chi connectivity index (χ0) is 19.2. The smallest absolute Gasteiger partial charge is 0.230 e. The second kappa shape index (κ2) is 8.31. The molecule has 0 spiro atoms. The van der Waals surface area contributed by atoms with E-state index in [0.29, 0.717) is 35.1 Å². The number of carbonyl (C=O) groups excluding carboxylic acids is 2. The molecule has 0 saturated heterocycles. The van der Waals surface area contributed by atoms with E-state index in [1.165, 1.54) is 0 Å². The molecule has 0 fully saturated rings. The fourth-order valence-electron chi connectivity index (χ4n) is 2.58. The number of amides is 2. The first-order valence-electron chi connectivity index (χ1n) is 8.76. The predicted molar refractivity (Wildman–Crippen MR) is 104 cm³/mol. The highest BCUT2D eigenvalue weighted by atomic mass is 16.4. The number of aromatic nitrogens is 1. The lowest BCUT2D eigenvalue weighted by molar-refractivity contribution is -0.116. The van der Waals surface area contributed by atoms with Gasteiger partial charge in [0.05, 0.1) is 12.1 Å². The quantitative estimate of drug-likeness (QED) is 0.688. The van der Waals surface area contributed by atoms with Crippen molar-refractivity contribution < 1.29 is 14.0 Å². The van der Waals surface area contributed by atoms with Crippen LogP contribution in [0.3, 0.4) is 0 Å². The third kappa shape index (κ3) is 4.82. The second-order valence-electron chi connectivity index (χ2n) is 6.10. The minimum absolute atomic E-state index is 0.0786. The largest absolute Gasteiger partial charge is 0.441 e. The first kappa shape index (κ1) is 18.4. The van der Waals surface area contributed by atoms with Crippen LogP contribution in [0.25, 0.3) is 11.5 Å². The van der Waals surface area contributed by atoms with Crippen molar-refractivity contribution in [3.8, 4) is 11.5 Å². The third-order valence-electron chi connectivity index (χ3n) is 3.99. The van der Waals surface area contributed by atoms with E-state index < -0.39 is 0 Å². The average molecular weight is 363 g/mol. The molecule has 2 aromatic carbocycles. The molecule has 1 heterocycles. The molecule has 0 aliphatic rings. The van der Waals surface area contributed by atoms with Gasteiger partial charge >= 0.3 is 0 Å². The van der Waals surface area contributed by atoms with Crippen molar-refractivity contribution in [2.24, 2.45) is 0 Å². The van der Waals surface area contributed by atoms with Crippen molar-refractivity contribution >= 4 is 23.2 Å². The van der Waals surface area contributed by atoms with Crippen LogP contribution in [-0.2, 0) is 16.0 Å². The van der Waals surface area contributed by atoms with Gasteiger partial charge in [-0.2, -0.15) is 0 Å². The molecule has 0 unspecified atom stereocenters. The number of nitrogens with one attached hydrogen (secondary N) is 2. The highest BCUT2D eigenvalue weighted by Crippen LogP contribution is 2.22. The fourth-order valence-corrected chi connectivity index (χ4v) is 2.58. The maximum Gasteiger partial charge on any atom is 0.230 e. The Bertz CT molecular complexity index is 948. The van der Waals surface area contributed by atoms with Crippen LogP contribution in [0.1, 0.15) is 24.8 Å². The van der Waals surface area contributed by atoms with Gasteiger partial charge in [0.2, 0.25) is 17.7 Å². The van der Waals surface area contributed by atoms with E-state index >= 15 is 0 Å². The molecule has 3 aromatic rings. The molecule has 138 valence electrons. The average Bonchev–Trinajstić information content (AvgIpc) is 3.03. The molecule has 0 atom stereocenters. The van der Waals surface area contributed by atoms with E-state index in [-0.39, 0.29) is 18.2 Å². The molecule has 1 aromatic heterocycles. The molecule has 6 nitrogen and oxygen atoms in total. The van der Waals surface area contributed by atoms with Crippen molar-refractivity contribution in [3.63, 3.8) is 0 Å². The van der Waals surface area contributed by atoms with Gasteiger partial charge in [-0.25, -0.2) is 4.98 Å². The van der Waals surface area contributed by atoms with E-state index in [4.69, 9.17) is 4.42 Å². The van der Waals surface area contributed by atoms with Crippen LogP contribution in [0.5, 0.6) is 0 Å². The summed E-state index contributed by atoms with van der Waals surface area (Å²) in [5, 5.41) is 5.59. The van der Waals surface area contributed by atoms with Crippen LogP contribution in [-0.4, -0.2) is 16.8 Å². The number of carbonyl (C=O) groups is 2. The van der Waals surface area contributed by atoms with Gasteiger partial charge in [0, 0.05) is 23.4 Å². The third-order valence-corrected chi connectivity index (χ3v) is 3.99. The summed E-state index contributed by atoms with van der Waals surface area (Å²) in [6, 6.07) is 16.6. The minimum Gasteiger partial charge on any atom is -0.441 e. The Morgan fingerprint density at radius 3 is 2.30 bits per heavy atom. The van der Waals surface area contributed by atoms with E-state index in [9.17, 15) is 9.59 Å². The summed E-state index contributed by atoms with van der Waals surface area (Å²) in [5.74, 6) is 0.836. The molecule has 0 radical (unpaired) electrons. The number of hydrogen-bond acceptors (Lipinski definition) is 4. The normalized spacial score (nSPS) is 10.4. The van der Waals surface area contributed by atoms with E-state index in [1.807, 2.05) is 30.3 Å². The Balaban J connectivity index is 1.67. The van der Waals surface area contributed by atoms with Crippen molar-refractivity contribution in [1.82, 2.24) is 4.98 Å². The van der Waals surface area contributed by atoms with Crippen LogP contribution in [0.4, 0.5) is 11.4 Å². The summed E-state index contributed by atoms with van der Waals surface area (Å²) in [7, 11) is 0. The minimum atomic E-state index is -0.204. The van der Waals surface area contributed by atoms with Crippen LogP contribution >= 0.6 is 0 Å². The van der Waals surface area contributed by atoms with Gasteiger partial charge in [0.15, 0.2) is 0 Å². The summed E-state index contributed by atoms with van der Waals surface area (Å²) in [4.78, 5) is 28.3. The summed E-state index contributed by atoms with van der Waals surface area (Å²) >= 11 is 0. The number of aryl methyl sites for hydroxylation is 1. The molecule has 0 aliphatic heterocycles. The van der Waals surface area contributed by atoms with Crippen molar-refractivity contribution in [2.45, 2.75) is 26.7 Å². The Morgan fingerprint density at radius 2 is 1.63 bits per heavy atom. The lowest BCUT2D eigenvalue weighted by atomic mass is 10.2. The Hall–Kier alpha value is -3.41. The molecule has 0 bridgehead atoms. The topological polar surface area (TPSA) is 84.2 Å². The molecule has 27 heavy (non-hydrogen) atoms. The van der Waals surface area contributed by atoms with Crippen molar-refractivity contribution in [3.05, 3.63) is 66.1 Å². The van der Waals surface area contributed by atoms with Gasteiger partial charge in [-0.05, 0) is 37.3 Å². The summed E-state index contributed by atoms with van der Waals surface area (Å²) < 4.78 is 5.69. The number of rotatable bonds is 6. The van der Waals surface area contributed by atoms with Crippen LogP contribution < -0.4 is 10.6 Å². The standard InChI is InChI=1S/C21H21N3O3/c1-3-19(25)22-16-10-7-11-17(12-16)23-20(26)13-18-14(2)27-21(24-18)15-8-5-4-6-9-15/h4-12H,3,13H2,1-2H3,(H,22,25)(H,23,26). The maximum atomic E-state index is 12.4. The summed E-state index contributed by atoms with van der Waals surface area (Å²) in [6.45, 7) is 3.58. The predicted octanol–water partition coefficient (Wildman–Crippen LogP) is 4.18. The van der Waals surface area contributed by atoms with Gasteiger partial charge in [0.1, 0.15) is 5.76 Å². The summed E-state index contributed by atoms with van der Waals surface area (Å²) in [6.07, 6.45) is 0.499. The van der Waals surface area contributed by atoms with Crippen molar-refractivity contribution in [1.29, 1.82) is 0 Å². The van der Waals surface area contributed by atoms with E-state index in [2.05, 4.69) is 15.6 Å². The van der Waals surface area contributed by atoms with E-state index in [0.717, 1.165) is 5.56 Å². The van der Waals surface area contributed by atoms with Gasteiger partial charge in [-0.3, -0.25) is 9.59 Å². The second-order valence-corrected chi connectivity index (χ2v) is 6.10. The van der Waals surface area contributed by atoms with Gasteiger partial charge in [-0.15, -0.1) is 0 Å². The van der Waals surface area contributed by atoms with E-state index in [1.54, 1.807) is 38.1 Å².